The Balaban J connectivity index is 3.06. The number of rotatable bonds is 3. The highest BCUT2D eigenvalue weighted by Crippen LogP contribution is 2.29. The molecule has 0 aliphatic rings. The summed E-state index contributed by atoms with van der Waals surface area (Å²) in [6.07, 6.45) is 0. The van der Waals surface area contributed by atoms with Crippen LogP contribution in [-0.4, -0.2) is 28.6 Å². The lowest BCUT2D eigenvalue weighted by Gasteiger charge is -2.05. The smallest absolute Gasteiger partial charge is 0.379 e. The van der Waals surface area contributed by atoms with Crippen LogP contribution in [-0.2, 0) is 9.53 Å². The molecule has 0 atom stereocenters. The molecule has 0 radical (unpaired) electrons. The van der Waals surface area contributed by atoms with E-state index in [4.69, 9.17) is 0 Å². The van der Waals surface area contributed by atoms with Crippen molar-refractivity contribution in [1.82, 2.24) is 0 Å². The van der Waals surface area contributed by atoms with E-state index in [2.05, 4.69) is 4.74 Å². The maximum atomic E-state index is 11.5. The van der Waals surface area contributed by atoms with Crippen LogP contribution in [0.1, 0.15) is 22.8 Å². The van der Waals surface area contributed by atoms with E-state index in [1.54, 1.807) is 6.92 Å². The maximum Gasteiger partial charge on any atom is 0.379 e. The Bertz CT molecular complexity index is 413. The summed E-state index contributed by atoms with van der Waals surface area (Å²) < 4.78 is 4.54. The summed E-state index contributed by atoms with van der Waals surface area (Å²) in [6.45, 7) is 3.20. The van der Waals surface area contributed by atoms with Gasteiger partial charge in [0, 0.05) is 5.56 Å². The van der Waals surface area contributed by atoms with E-state index in [0.29, 0.717) is 5.56 Å². The monoisotopic (exact) mass is 224 g/mol. The summed E-state index contributed by atoms with van der Waals surface area (Å²) in [4.78, 5) is 22.6. The van der Waals surface area contributed by atoms with Gasteiger partial charge in [0.05, 0.1) is 6.61 Å². The minimum absolute atomic E-state index is 0.00810. The fraction of sp³-hybridized carbons (Fsp3) is 0.273. The van der Waals surface area contributed by atoms with Crippen molar-refractivity contribution in [3.05, 3.63) is 23.3 Å². The quantitative estimate of drug-likeness (QED) is 0.348. The van der Waals surface area contributed by atoms with Crippen molar-refractivity contribution < 1.29 is 24.5 Å². The number of phenolic OH excluding ortho intramolecular Hbond substituents is 2. The van der Waals surface area contributed by atoms with Crippen LogP contribution in [0, 0.1) is 6.92 Å². The van der Waals surface area contributed by atoms with E-state index in [9.17, 15) is 19.8 Å². The zero-order valence-corrected chi connectivity index (χ0v) is 8.98. The van der Waals surface area contributed by atoms with Crippen LogP contribution in [0.25, 0.3) is 0 Å². The average molecular weight is 224 g/mol. The first kappa shape index (κ1) is 12.0. The van der Waals surface area contributed by atoms with Crippen molar-refractivity contribution in [3.63, 3.8) is 0 Å². The third-order valence-electron chi connectivity index (χ3n) is 2.00. The fourth-order valence-electron chi connectivity index (χ4n) is 1.21. The van der Waals surface area contributed by atoms with Gasteiger partial charge in [0.25, 0.3) is 5.78 Å². The largest absolute Gasteiger partial charge is 0.504 e. The van der Waals surface area contributed by atoms with E-state index in [0.717, 1.165) is 6.07 Å². The first-order valence-electron chi connectivity index (χ1n) is 4.71. The molecule has 0 saturated carbocycles. The van der Waals surface area contributed by atoms with Crippen LogP contribution >= 0.6 is 0 Å². The molecule has 2 N–H and O–H groups in total. The van der Waals surface area contributed by atoms with E-state index < -0.39 is 17.5 Å². The molecule has 5 heteroatoms. The van der Waals surface area contributed by atoms with Crippen LogP contribution in [0.4, 0.5) is 0 Å². The van der Waals surface area contributed by atoms with Crippen LogP contribution in [0.5, 0.6) is 11.5 Å². The number of carbonyl (C=O) groups excluding carboxylic acids is 2. The Morgan fingerprint density at radius 2 is 1.94 bits per heavy atom. The van der Waals surface area contributed by atoms with E-state index >= 15 is 0 Å². The topological polar surface area (TPSA) is 83.8 Å². The molecule has 0 heterocycles. The van der Waals surface area contributed by atoms with Gasteiger partial charge in [0.15, 0.2) is 11.5 Å². The lowest BCUT2D eigenvalue weighted by molar-refractivity contribution is -0.137. The highest BCUT2D eigenvalue weighted by atomic mass is 16.5. The first-order valence-corrected chi connectivity index (χ1v) is 4.71. The second-order valence-electron chi connectivity index (χ2n) is 3.21. The lowest BCUT2D eigenvalue weighted by atomic mass is 10.1. The van der Waals surface area contributed by atoms with Gasteiger partial charge >= 0.3 is 5.97 Å². The number of hydrogen-bond donors (Lipinski definition) is 2. The molecule has 0 saturated heterocycles. The highest BCUT2D eigenvalue weighted by Gasteiger charge is 2.19. The first-order chi connectivity index (χ1) is 7.47. The second kappa shape index (κ2) is 4.65. The van der Waals surface area contributed by atoms with Crippen molar-refractivity contribution in [2.75, 3.05) is 6.61 Å². The van der Waals surface area contributed by atoms with Crippen molar-refractivity contribution >= 4 is 11.8 Å². The third-order valence-corrected chi connectivity index (χ3v) is 2.00. The normalized spacial score (nSPS) is 9.88. The predicted molar refractivity (Wildman–Crippen MR) is 55.5 cm³/mol. The lowest BCUT2D eigenvalue weighted by Crippen LogP contribution is -2.17. The molecule has 0 aromatic heterocycles. The average Bonchev–Trinajstić information content (AvgIpc) is 2.24. The van der Waals surface area contributed by atoms with Crippen LogP contribution < -0.4 is 0 Å². The van der Waals surface area contributed by atoms with Gasteiger partial charge in [-0.2, -0.15) is 0 Å². The standard InChI is InChI=1S/C11H12O5/c1-3-16-11(15)10(14)7-4-6(2)9(13)8(12)5-7/h4-5,12-13H,3H2,1-2H3. The third kappa shape index (κ3) is 2.31. The highest BCUT2D eigenvalue weighted by molar-refractivity contribution is 6.40. The van der Waals surface area contributed by atoms with E-state index in [1.165, 1.54) is 13.0 Å². The SMILES string of the molecule is CCOC(=O)C(=O)c1cc(C)c(O)c(O)c1. The summed E-state index contributed by atoms with van der Waals surface area (Å²) in [5, 5.41) is 18.6. The number of benzene rings is 1. The molecule has 0 fully saturated rings. The van der Waals surface area contributed by atoms with Gasteiger partial charge in [-0.1, -0.05) is 0 Å². The molecule has 0 unspecified atom stereocenters. The van der Waals surface area contributed by atoms with Gasteiger partial charge in [-0.15, -0.1) is 0 Å². The number of hydrogen-bond acceptors (Lipinski definition) is 5. The zero-order valence-electron chi connectivity index (χ0n) is 8.98. The van der Waals surface area contributed by atoms with Crippen molar-refractivity contribution in [1.29, 1.82) is 0 Å². The Morgan fingerprint density at radius 3 is 2.44 bits per heavy atom. The van der Waals surface area contributed by atoms with Crippen molar-refractivity contribution in [3.8, 4) is 11.5 Å². The van der Waals surface area contributed by atoms with Crippen molar-refractivity contribution in [2.24, 2.45) is 0 Å². The molecular weight excluding hydrogens is 212 g/mol. The molecule has 1 aromatic carbocycles. The summed E-state index contributed by atoms with van der Waals surface area (Å²) in [6, 6.07) is 2.34. The molecule has 86 valence electrons. The minimum atomic E-state index is -0.980. The molecule has 1 aromatic rings. The molecule has 5 nitrogen and oxygen atoms in total. The number of aryl methyl sites for hydroxylation is 1. The molecule has 0 aliphatic carbocycles. The molecular formula is C11H12O5. The Kier molecular flexibility index (Phi) is 3.50. The van der Waals surface area contributed by atoms with Crippen molar-refractivity contribution in [2.45, 2.75) is 13.8 Å². The number of ketones is 1. The number of carbonyl (C=O) groups is 2. The van der Waals surface area contributed by atoms with Gasteiger partial charge in [-0.25, -0.2) is 4.79 Å². The van der Waals surface area contributed by atoms with Gasteiger partial charge in [-0.05, 0) is 31.5 Å². The fourth-order valence-corrected chi connectivity index (χ4v) is 1.21. The Hall–Kier alpha value is -2.04. The number of phenols is 2. The van der Waals surface area contributed by atoms with Crippen LogP contribution in [0.3, 0.4) is 0 Å². The number of esters is 1. The second-order valence-corrected chi connectivity index (χ2v) is 3.21. The Morgan fingerprint density at radius 1 is 1.31 bits per heavy atom. The zero-order chi connectivity index (χ0) is 12.3. The summed E-state index contributed by atoms with van der Waals surface area (Å²) in [7, 11) is 0. The predicted octanol–water partition coefficient (Wildman–Crippen LogP) is 1.15. The maximum absolute atomic E-state index is 11.5. The molecule has 1 rings (SSSR count). The van der Waals surface area contributed by atoms with Gasteiger partial charge in [-0.3, -0.25) is 4.79 Å². The van der Waals surface area contributed by atoms with Gasteiger partial charge in [0.2, 0.25) is 0 Å². The summed E-state index contributed by atoms with van der Waals surface area (Å²) in [5.41, 5.74) is 0.305. The molecule has 16 heavy (non-hydrogen) atoms. The van der Waals surface area contributed by atoms with Crippen LogP contribution in [0.15, 0.2) is 12.1 Å². The number of aromatic hydroxyl groups is 2. The molecule has 0 amide bonds. The van der Waals surface area contributed by atoms with Gasteiger partial charge < -0.3 is 14.9 Å². The molecule has 0 aliphatic heterocycles. The Labute approximate surface area is 92.3 Å². The van der Waals surface area contributed by atoms with E-state index in [-0.39, 0.29) is 17.9 Å². The summed E-state index contributed by atoms with van der Waals surface area (Å²) in [5.74, 6) is -2.57. The molecule has 0 spiro atoms. The summed E-state index contributed by atoms with van der Waals surface area (Å²) >= 11 is 0. The van der Waals surface area contributed by atoms with Crippen LogP contribution in [0.2, 0.25) is 0 Å². The number of ether oxygens (including phenoxy) is 1. The minimum Gasteiger partial charge on any atom is -0.504 e. The molecule has 0 bridgehead atoms. The number of Topliss-reactive ketones (excluding diaryl/α,β-unsaturated/α-hetero) is 1. The van der Waals surface area contributed by atoms with Gasteiger partial charge in [0.1, 0.15) is 0 Å². The van der Waals surface area contributed by atoms with E-state index in [1.807, 2.05) is 0 Å².